The Morgan fingerprint density at radius 1 is 1.32 bits per heavy atom. The zero-order valence-electron chi connectivity index (χ0n) is 12.3. The highest BCUT2D eigenvalue weighted by Gasteiger charge is 2.32. The highest BCUT2D eigenvalue weighted by Crippen LogP contribution is 2.35. The van der Waals surface area contributed by atoms with Crippen LogP contribution in [0.15, 0.2) is 18.2 Å². The highest BCUT2D eigenvalue weighted by atomic mass is 16.5. The maximum Gasteiger partial charge on any atom is 0.119 e. The Morgan fingerprint density at radius 3 is 2.68 bits per heavy atom. The molecule has 2 unspecified atom stereocenters. The van der Waals surface area contributed by atoms with Crippen LogP contribution in [0.25, 0.3) is 0 Å². The summed E-state index contributed by atoms with van der Waals surface area (Å²) < 4.78 is 11.1. The molecule has 0 aliphatic heterocycles. The summed E-state index contributed by atoms with van der Waals surface area (Å²) in [4.78, 5) is 0. The largest absolute Gasteiger partial charge is 0.497 e. The lowest BCUT2D eigenvalue weighted by Gasteiger charge is -2.21. The molecule has 1 aromatic rings. The standard InChI is InChI=1S/C16H24O3/c1-16(2,3)7-8-19-14-9-11-5-6-12(18-4)10-13(11)15(14)17/h5-6,10,14-15,17H,7-9H2,1-4H3. The molecule has 0 saturated carbocycles. The summed E-state index contributed by atoms with van der Waals surface area (Å²) in [6, 6.07) is 5.86. The number of hydrogen-bond donors (Lipinski definition) is 1. The molecule has 0 amide bonds. The predicted octanol–water partition coefficient (Wildman–Crippen LogP) is 3.11. The van der Waals surface area contributed by atoms with E-state index in [1.54, 1.807) is 7.11 Å². The van der Waals surface area contributed by atoms with E-state index in [4.69, 9.17) is 9.47 Å². The Balaban J connectivity index is 1.97. The SMILES string of the molecule is COc1ccc2c(c1)C(O)C(OCCC(C)(C)C)C2. The monoisotopic (exact) mass is 264 g/mol. The van der Waals surface area contributed by atoms with Crippen LogP contribution in [0.3, 0.4) is 0 Å². The van der Waals surface area contributed by atoms with E-state index in [9.17, 15) is 5.11 Å². The van der Waals surface area contributed by atoms with Crippen LogP contribution in [0.5, 0.6) is 5.75 Å². The second kappa shape index (κ2) is 5.51. The molecule has 3 nitrogen and oxygen atoms in total. The second-order valence-corrected chi connectivity index (χ2v) is 6.43. The van der Waals surface area contributed by atoms with Gasteiger partial charge in [-0.05, 0) is 35.1 Å². The number of aliphatic hydroxyl groups excluding tert-OH is 1. The van der Waals surface area contributed by atoms with Gasteiger partial charge in [0.25, 0.3) is 0 Å². The van der Waals surface area contributed by atoms with Crippen LogP contribution in [-0.2, 0) is 11.2 Å². The Hall–Kier alpha value is -1.06. The van der Waals surface area contributed by atoms with Gasteiger partial charge in [0.05, 0.1) is 13.2 Å². The van der Waals surface area contributed by atoms with E-state index in [0.717, 1.165) is 29.7 Å². The summed E-state index contributed by atoms with van der Waals surface area (Å²) in [7, 11) is 1.64. The van der Waals surface area contributed by atoms with Crippen molar-refractivity contribution in [3.05, 3.63) is 29.3 Å². The van der Waals surface area contributed by atoms with Crippen molar-refractivity contribution in [1.82, 2.24) is 0 Å². The van der Waals surface area contributed by atoms with E-state index in [1.807, 2.05) is 18.2 Å². The van der Waals surface area contributed by atoms with E-state index in [0.29, 0.717) is 6.61 Å². The van der Waals surface area contributed by atoms with Gasteiger partial charge in [0, 0.05) is 13.0 Å². The fourth-order valence-corrected chi connectivity index (χ4v) is 2.36. The van der Waals surface area contributed by atoms with Crippen LogP contribution in [0.1, 0.15) is 44.4 Å². The number of fused-ring (bicyclic) bond motifs is 1. The maximum atomic E-state index is 10.3. The lowest BCUT2D eigenvalue weighted by atomic mass is 9.93. The van der Waals surface area contributed by atoms with Gasteiger partial charge in [-0.15, -0.1) is 0 Å². The smallest absolute Gasteiger partial charge is 0.119 e. The molecule has 0 heterocycles. The van der Waals surface area contributed by atoms with Crippen molar-refractivity contribution in [2.24, 2.45) is 5.41 Å². The fraction of sp³-hybridized carbons (Fsp3) is 0.625. The lowest BCUT2D eigenvalue weighted by Crippen LogP contribution is -2.21. The third-order valence-electron chi connectivity index (χ3n) is 3.63. The van der Waals surface area contributed by atoms with Gasteiger partial charge in [-0.2, -0.15) is 0 Å². The summed E-state index contributed by atoms with van der Waals surface area (Å²) >= 11 is 0. The van der Waals surface area contributed by atoms with Gasteiger partial charge in [0.2, 0.25) is 0 Å². The summed E-state index contributed by atoms with van der Waals surface area (Å²) in [5.74, 6) is 0.785. The number of methoxy groups -OCH3 is 1. The van der Waals surface area contributed by atoms with Gasteiger partial charge in [0.15, 0.2) is 0 Å². The highest BCUT2D eigenvalue weighted by molar-refractivity contribution is 5.41. The minimum absolute atomic E-state index is 0.121. The van der Waals surface area contributed by atoms with E-state index in [2.05, 4.69) is 20.8 Å². The van der Waals surface area contributed by atoms with E-state index in [1.165, 1.54) is 0 Å². The number of benzene rings is 1. The molecule has 0 fully saturated rings. The molecule has 0 saturated heterocycles. The average molecular weight is 264 g/mol. The van der Waals surface area contributed by atoms with Crippen molar-refractivity contribution < 1.29 is 14.6 Å². The van der Waals surface area contributed by atoms with Gasteiger partial charge < -0.3 is 14.6 Å². The Morgan fingerprint density at radius 2 is 2.05 bits per heavy atom. The number of hydrogen-bond acceptors (Lipinski definition) is 3. The van der Waals surface area contributed by atoms with E-state index in [-0.39, 0.29) is 11.5 Å². The molecule has 0 aromatic heterocycles. The molecule has 0 spiro atoms. The summed E-state index contributed by atoms with van der Waals surface area (Å²) in [6.45, 7) is 7.28. The van der Waals surface area contributed by atoms with Crippen molar-refractivity contribution >= 4 is 0 Å². The molecule has 2 atom stereocenters. The van der Waals surface area contributed by atoms with Gasteiger partial charge in [-0.1, -0.05) is 26.8 Å². The van der Waals surface area contributed by atoms with Crippen LogP contribution in [0.4, 0.5) is 0 Å². The Bertz CT molecular complexity index is 434. The molecule has 0 radical (unpaired) electrons. The zero-order valence-corrected chi connectivity index (χ0v) is 12.3. The van der Waals surface area contributed by atoms with Crippen LogP contribution in [0, 0.1) is 5.41 Å². The first-order valence-electron chi connectivity index (χ1n) is 6.87. The molecule has 19 heavy (non-hydrogen) atoms. The predicted molar refractivity (Wildman–Crippen MR) is 75.5 cm³/mol. The van der Waals surface area contributed by atoms with Crippen molar-refractivity contribution in [3.8, 4) is 5.75 Å². The Labute approximate surface area is 115 Å². The quantitative estimate of drug-likeness (QED) is 0.908. The first kappa shape index (κ1) is 14.4. The Kier molecular flexibility index (Phi) is 4.16. The summed E-state index contributed by atoms with van der Waals surface area (Å²) in [5.41, 5.74) is 2.37. The molecule has 2 rings (SSSR count). The second-order valence-electron chi connectivity index (χ2n) is 6.43. The third kappa shape index (κ3) is 3.48. The number of ether oxygens (including phenoxy) is 2. The molecule has 1 aromatic carbocycles. The fourth-order valence-electron chi connectivity index (χ4n) is 2.36. The van der Waals surface area contributed by atoms with Crippen molar-refractivity contribution in [1.29, 1.82) is 0 Å². The number of rotatable bonds is 4. The van der Waals surface area contributed by atoms with Gasteiger partial charge >= 0.3 is 0 Å². The molecular weight excluding hydrogens is 240 g/mol. The first-order valence-corrected chi connectivity index (χ1v) is 6.87. The van der Waals surface area contributed by atoms with Gasteiger partial charge in [-0.3, -0.25) is 0 Å². The maximum absolute atomic E-state index is 10.3. The van der Waals surface area contributed by atoms with Crippen molar-refractivity contribution in [2.45, 2.75) is 45.8 Å². The van der Waals surface area contributed by atoms with Crippen LogP contribution >= 0.6 is 0 Å². The van der Waals surface area contributed by atoms with Crippen LogP contribution < -0.4 is 4.74 Å². The van der Waals surface area contributed by atoms with Crippen molar-refractivity contribution in [2.75, 3.05) is 13.7 Å². The van der Waals surface area contributed by atoms with Gasteiger partial charge in [0.1, 0.15) is 11.9 Å². The number of aliphatic hydroxyl groups is 1. The minimum Gasteiger partial charge on any atom is -0.497 e. The lowest BCUT2D eigenvalue weighted by molar-refractivity contribution is -0.0349. The third-order valence-corrected chi connectivity index (χ3v) is 3.63. The molecule has 1 aliphatic carbocycles. The molecule has 1 N–H and O–H groups in total. The van der Waals surface area contributed by atoms with Gasteiger partial charge in [-0.25, -0.2) is 0 Å². The molecular formula is C16H24O3. The summed E-state index contributed by atoms with van der Waals surface area (Å²) in [6.07, 6.45) is 1.12. The average Bonchev–Trinajstić information content (AvgIpc) is 2.65. The first-order chi connectivity index (χ1) is 8.90. The molecule has 106 valence electrons. The molecule has 1 aliphatic rings. The molecule has 3 heteroatoms. The van der Waals surface area contributed by atoms with E-state index < -0.39 is 6.10 Å². The topological polar surface area (TPSA) is 38.7 Å². The minimum atomic E-state index is -0.537. The van der Waals surface area contributed by atoms with Crippen LogP contribution in [0.2, 0.25) is 0 Å². The normalized spacial score (nSPS) is 22.4. The van der Waals surface area contributed by atoms with Crippen LogP contribution in [-0.4, -0.2) is 24.9 Å². The van der Waals surface area contributed by atoms with E-state index >= 15 is 0 Å². The van der Waals surface area contributed by atoms with Crippen molar-refractivity contribution in [3.63, 3.8) is 0 Å². The zero-order chi connectivity index (χ0) is 14.0. The molecule has 0 bridgehead atoms. The summed E-state index contributed by atoms with van der Waals surface area (Å²) in [5, 5.41) is 10.3.